The molecule has 0 aromatic heterocycles. The van der Waals surface area contributed by atoms with Gasteiger partial charge < -0.3 is 56.6 Å². The normalized spacial score (nSPS) is 24.8. The number of ketones is 1. The summed E-state index contributed by atoms with van der Waals surface area (Å²) in [6.07, 6.45) is -15.5. The molecule has 0 spiro atoms. The molecule has 2 saturated heterocycles. The van der Waals surface area contributed by atoms with Crippen LogP contribution in [-0.4, -0.2) is 150 Å². The molecule has 0 amide bonds. The quantitative estimate of drug-likeness (QED) is 0.0149. The van der Waals surface area contributed by atoms with E-state index in [-0.39, 0.29) is 38.4 Å². The Hall–Kier alpha value is -4.64. The van der Waals surface area contributed by atoms with E-state index in [0.717, 1.165) is 30.6 Å². The van der Waals surface area contributed by atoms with Crippen molar-refractivity contribution in [2.45, 2.75) is 139 Å². The van der Waals surface area contributed by atoms with Crippen molar-refractivity contribution in [1.29, 1.82) is 0 Å². The van der Waals surface area contributed by atoms with Crippen LogP contribution >= 0.6 is 0 Å². The van der Waals surface area contributed by atoms with Crippen molar-refractivity contribution in [3.63, 3.8) is 0 Å². The van der Waals surface area contributed by atoms with Crippen LogP contribution in [0.25, 0.3) is 10.4 Å². The molecule has 2 fully saturated rings. The average molecular weight is 1080 g/mol. The first-order chi connectivity index (χ1) is 34.5. The maximum atomic E-state index is 13.9. The number of esters is 2. The summed E-state index contributed by atoms with van der Waals surface area (Å²) in [5, 5.41) is 5.32. The Kier molecular flexibility index (Phi) is 21.7. The fourth-order valence-corrected chi connectivity index (χ4v) is 14.4. The van der Waals surface area contributed by atoms with E-state index < -0.39 is 112 Å². The Morgan fingerprint density at radius 2 is 1.44 bits per heavy atom. The molecule has 10 atom stereocenters. The van der Waals surface area contributed by atoms with E-state index in [1.165, 1.54) is 14.0 Å². The summed E-state index contributed by atoms with van der Waals surface area (Å²) in [5.74, 6) is -1.63. The molecule has 2 aliphatic heterocycles. The SMILES string of the molecule is COC(=O)[C@H]1O[C@H](OC)[C@H](OS(=O)(=O)O)[C@@H](OCOCC[Si](C)(C)C)[C@@H]1O[C@H]1O[C@H](CO[Si](c2ccccc2)(c2ccccc2)C(C)(C)C)[C@@H](OCc2ccc(OC)cc2)[C@H](OC(=O)CCC(C)=O)[C@H]1N=[N+]=[N-]. The highest BCUT2D eigenvalue weighted by atomic mass is 32.3. The van der Waals surface area contributed by atoms with Gasteiger partial charge in [-0.1, -0.05) is 118 Å². The van der Waals surface area contributed by atoms with Crippen molar-refractivity contribution in [2.24, 2.45) is 5.11 Å². The lowest BCUT2D eigenvalue weighted by Gasteiger charge is -2.49. The number of carbonyl (C=O) groups is 3. The van der Waals surface area contributed by atoms with Crippen LogP contribution in [0.3, 0.4) is 0 Å². The van der Waals surface area contributed by atoms with Gasteiger partial charge in [0.1, 0.15) is 54.9 Å². The standard InChI is InChI=1S/C49H69N3O18SSi2/c1-32(53)21-26-38(54)67-41-39(51-52-50)47(68-43-42(64-31-62-27-28-72(8,9)10)45(70-71(56,57)58)48(61-7)69-44(43)46(55)60-6)66-37(40(41)63-29-33-22-24-34(59-5)25-23-33)30-65-73(49(2,3)4,35-17-13-11-14-18-35)36-19-15-12-16-20-36/h11-20,22-25,37,39-45,47-48H,21,26-31H2,1-10H3,(H,56,57,58)/t37-,39-,40-,41-,42+,43+,44+,45-,47-,48+/m1/s1. The summed E-state index contributed by atoms with van der Waals surface area (Å²) in [6.45, 7) is 13.3. The number of methoxy groups -OCH3 is 3. The number of hydrogen-bond acceptors (Lipinski definition) is 18. The maximum absolute atomic E-state index is 13.9. The zero-order valence-electron chi connectivity index (χ0n) is 42.9. The third-order valence-electron chi connectivity index (χ3n) is 12.3. The zero-order chi connectivity index (χ0) is 53.6. The van der Waals surface area contributed by atoms with Crippen molar-refractivity contribution >= 4 is 54.9 Å². The number of Topliss-reactive ketones (excluding diaryl/α,β-unsaturated/α-hetero) is 1. The topological polar surface area (TPSA) is 265 Å². The number of rotatable bonds is 26. The predicted octanol–water partition coefficient (Wildman–Crippen LogP) is 5.66. The number of ether oxygens (including phenoxy) is 10. The van der Waals surface area contributed by atoms with Gasteiger partial charge in [0.05, 0.1) is 33.9 Å². The van der Waals surface area contributed by atoms with Gasteiger partial charge in [-0.3, -0.25) is 9.35 Å². The van der Waals surface area contributed by atoms with Crippen LogP contribution in [0.5, 0.6) is 5.75 Å². The molecular formula is C49H69N3O18SSi2. The smallest absolute Gasteiger partial charge is 0.397 e. The molecule has 0 radical (unpaired) electrons. The van der Waals surface area contributed by atoms with Gasteiger partial charge in [0, 0.05) is 33.1 Å². The van der Waals surface area contributed by atoms with Crippen LogP contribution in [0.4, 0.5) is 0 Å². The van der Waals surface area contributed by atoms with Crippen LogP contribution < -0.4 is 15.1 Å². The molecule has 0 saturated carbocycles. The first-order valence-electron chi connectivity index (χ1n) is 23.7. The van der Waals surface area contributed by atoms with Crippen molar-refractivity contribution in [3.05, 3.63) is 101 Å². The van der Waals surface area contributed by atoms with E-state index in [0.29, 0.717) is 11.3 Å². The van der Waals surface area contributed by atoms with Gasteiger partial charge >= 0.3 is 22.3 Å². The van der Waals surface area contributed by atoms with E-state index in [9.17, 15) is 32.9 Å². The molecule has 3 aromatic carbocycles. The number of carbonyl (C=O) groups excluding carboxylic acids is 3. The molecule has 402 valence electrons. The number of hydrogen-bond donors (Lipinski definition) is 1. The van der Waals surface area contributed by atoms with Crippen molar-refractivity contribution < 1.29 is 83.3 Å². The lowest BCUT2D eigenvalue weighted by Crippen LogP contribution is -2.69. The molecule has 0 aliphatic carbocycles. The van der Waals surface area contributed by atoms with Gasteiger partial charge in [0.15, 0.2) is 24.8 Å². The molecule has 2 heterocycles. The van der Waals surface area contributed by atoms with Crippen molar-refractivity contribution in [1.82, 2.24) is 0 Å². The van der Waals surface area contributed by atoms with Crippen LogP contribution in [-0.2, 0) is 82.6 Å². The Labute approximate surface area is 429 Å². The fraction of sp³-hybridized carbons (Fsp3) is 0.571. The Bertz CT molecular complexity index is 2370. The zero-order valence-corrected chi connectivity index (χ0v) is 45.8. The van der Waals surface area contributed by atoms with Gasteiger partial charge in [-0.05, 0) is 51.6 Å². The number of azide groups is 1. The Balaban J connectivity index is 1.70. The van der Waals surface area contributed by atoms with Gasteiger partial charge in [0.2, 0.25) is 0 Å². The molecule has 0 unspecified atom stereocenters. The molecule has 0 bridgehead atoms. The first-order valence-corrected chi connectivity index (χ1v) is 30.7. The Morgan fingerprint density at radius 3 is 1.96 bits per heavy atom. The summed E-state index contributed by atoms with van der Waals surface area (Å²) in [6, 6.07) is 25.5. The minimum Gasteiger partial charge on any atom is -0.497 e. The minimum atomic E-state index is -5.30. The number of benzene rings is 3. The molecule has 5 rings (SSSR count). The molecule has 2 aliphatic rings. The van der Waals surface area contributed by atoms with Crippen molar-refractivity contribution in [2.75, 3.05) is 41.3 Å². The lowest BCUT2D eigenvalue weighted by atomic mass is 9.95. The highest BCUT2D eigenvalue weighted by Crippen LogP contribution is 2.40. The van der Waals surface area contributed by atoms with E-state index in [1.807, 2.05) is 60.7 Å². The molecular weight excluding hydrogens is 1010 g/mol. The highest BCUT2D eigenvalue weighted by molar-refractivity contribution is 7.80. The maximum Gasteiger partial charge on any atom is 0.397 e. The molecule has 73 heavy (non-hydrogen) atoms. The fourth-order valence-electron chi connectivity index (χ4n) is 8.63. The van der Waals surface area contributed by atoms with Gasteiger partial charge in [-0.15, -0.1) is 0 Å². The van der Waals surface area contributed by atoms with Crippen LogP contribution in [0.2, 0.25) is 30.7 Å². The first kappa shape index (κ1) is 59.2. The Morgan fingerprint density at radius 1 is 0.808 bits per heavy atom. The second-order valence-corrected chi connectivity index (χ2v) is 30.7. The molecule has 1 N–H and O–H groups in total. The van der Waals surface area contributed by atoms with Crippen LogP contribution in [0, 0.1) is 0 Å². The summed E-state index contributed by atoms with van der Waals surface area (Å²) < 4.78 is 108. The third kappa shape index (κ3) is 16.2. The van der Waals surface area contributed by atoms with Crippen molar-refractivity contribution in [3.8, 4) is 5.75 Å². The van der Waals surface area contributed by atoms with E-state index in [2.05, 4.69) is 50.4 Å². The summed E-state index contributed by atoms with van der Waals surface area (Å²) >= 11 is 0. The minimum absolute atomic E-state index is 0.106. The molecule has 24 heteroatoms. The van der Waals surface area contributed by atoms with Gasteiger partial charge in [-0.2, -0.15) is 8.42 Å². The van der Waals surface area contributed by atoms with Crippen LogP contribution in [0.1, 0.15) is 46.1 Å². The number of nitrogens with zero attached hydrogens (tertiary/aromatic N) is 3. The second-order valence-electron chi connectivity index (χ2n) is 19.7. The predicted molar refractivity (Wildman–Crippen MR) is 269 cm³/mol. The van der Waals surface area contributed by atoms with Gasteiger partial charge in [0.25, 0.3) is 8.32 Å². The summed E-state index contributed by atoms with van der Waals surface area (Å²) in [5.41, 5.74) is 10.9. The van der Waals surface area contributed by atoms with E-state index in [1.54, 1.807) is 24.3 Å². The molecule has 3 aromatic rings. The monoisotopic (exact) mass is 1080 g/mol. The largest absolute Gasteiger partial charge is 0.497 e. The van der Waals surface area contributed by atoms with Gasteiger partial charge in [-0.25, -0.2) is 8.98 Å². The summed E-state index contributed by atoms with van der Waals surface area (Å²) in [4.78, 5) is 42.9. The second kappa shape index (κ2) is 26.7. The average Bonchev–Trinajstić information content (AvgIpc) is 3.34. The van der Waals surface area contributed by atoms with Crippen LogP contribution in [0.15, 0.2) is 90.0 Å². The third-order valence-corrected chi connectivity index (χ3v) is 19.4. The lowest BCUT2D eigenvalue weighted by molar-refractivity contribution is -0.345. The molecule has 21 nitrogen and oxygen atoms in total. The highest BCUT2D eigenvalue weighted by Gasteiger charge is 2.58. The van der Waals surface area contributed by atoms with E-state index in [4.69, 9.17) is 56.0 Å². The summed E-state index contributed by atoms with van der Waals surface area (Å²) in [7, 11) is -6.57. The van der Waals surface area contributed by atoms with E-state index >= 15 is 0 Å².